The highest BCUT2D eigenvalue weighted by Gasteiger charge is 2.19. The summed E-state index contributed by atoms with van der Waals surface area (Å²) in [6, 6.07) is 1.49. The zero-order chi connectivity index (χ0) is 16.2. The van der Waals surface area contributed by atoms with Gasteiger partial charge in [0.15, 0.2) is 5.82 Å². The first kappa shape index (κ1) is 15.2. The van der Waals surface area contributed by atoms with Crippen molar-refractivity contribution in [1.29, 1.82) is 0 Å². The van der Waals surface area contributed by atoms with Crippen LogP contribution in [0, 0.1) is 0 Å². The van der Waals surface area contributed by atoms with Gasteiger partial charge in [0, 0.05) is 33.3 Å². The van der Waals surface area contributed by atoms with Crippen LogP contribution in [-0.4, -0.2) is 61.4 Å². The van der Waals surface area contributed by atoms with E-state index in [1.807, 2.05) is 19.0 Å². The van der Waals surface area contributed by atoms with Gasteiger partial charge in [-0.25, -0.2) is 4.98 Å². The van der Waals surface area contributed by atoms with Crippen molar-refractivity contribution in [3.63, 3.8) is 0 Å². The van der Waals surface area contributed by atoms with Crippen LogP contribution in [0.5, 0.6) is 0 Å². The van der Waals surface area contributed by atoms with Gasteiger partial charge < -0.3 is 24.4 Å². The topological polar surface area (TPSA) is 96.6 Å². The Morgan fingerprint density at radius 2 is 2.13 bits per heavy atom. The maximum atomic E-state index is 12.1. The molecule has 1 amide bonds. The molecule has 0 atom stereocenters. The molecule has 9 nitrogen and oxygen atoms in total. The number of aromatic nitrogens is 3. The SMILES string of the molecule is CN(C)c1nc(N2CCOCC2)ncc1NC(=O)c1ccno1. The van der Waals surface area contributed by atoms with Crippen LogP contribution in [0.3, 0.4) is 0 Å². The highest BCUT2D eigenvalue weighted by Crippen LogP contribution is 2.24. The van der Waals surface area contributed by atoms with Crippen molar-refractivity contribution < 1.29 is 14.1 Å². The van der Waals surface area contributed by atoms with Gasteiger partial charge in [-0.15, -0.1) is 0 Å². The Morgan fingerprint density at radius 1 is 1.35 bits per heavy atom. The van der Waals surface area contributed by atoms with Gasteiger partial charge in [0.2, 0.25) is 11.7 Å². The summed E-state index contributed by atoms with van der Waals surface area (Å²) >= 11 is 0. The molecule has 122 valence electrons. The van der Waals surface area contributed by atoms with Gasteiger partial charge in [-0.2, -0.15) is 4.98 Å². The highest BCUT2D eigenvalue weighted by atomic mass is 16.5. The summed E-state index contributed by atoms with van der Waals surface area (Å²) in [7, 11) is 3.71. The average Bonchev–Trinajstić information content (AvgIpc) is 3.10. The van der Waals surface area contributed by atoms with Crippen molar-refractivity contribution in [2.45, 2.75) is 0 Å². The van der Waals surface area contributed by atoms with E-state index in [0.717, 1.165) is 13.1 Å². The minimum atomic E-state index is -0.395. The molecule has 0 saturated carbocycles. The van der Waals surface area contributed by atoms with E-state index in [0.29, 0.717) is 30.7 Å². The van der Waals surface area contributed by atoms with E-state index in [-0.39, 0.29) is 5.76 Å². The van der Waals surface area contributed by atoms with Crippen molar-refractivity contribution in [2.75, 3.05) is 55.5 Å². The Labute approximate surface area is 133 Å². The molecule has 1 N–H and O–H groups in total. The average molecular weight is 318 g/mol. The molecule has 3 heterocycles. The van der Waals surface area contributed by atoms with E-state index in [1.165, 1.54) is 12.3 Å². The smallest absolute Gasteiger partial charge is 0.294 e. The molecular weight excluding hydrogens is 300 g/mol. The van der Waals surface area contributed by atoms with Gasteiger partial charge in [0.25, 0.3) is 5.91 Å². The molecule has 0 aromatic carbocycles. The second-order valence-corrected chi connectivity index (χ2v) is 5.23. The normalized spacial score (nSPS) is 14.6. The summed E-state index contributed by atoms with van der Waals surface area (Å²) in [5.41, 5.74) is 0.508. The van der Waals surface area contributed by atoms with Crippen molar-refractivity contribution in [1.82, 2.24) is 15.1 Å². The first-order valence-corrected chi connectivity index (χ1v) is 7.24. The zero-order valence-electron chi connectivity index (χ0n) is 13.0. The molecule has 1 saturated heterocycles. The quantitative estimate of drug-likeness (QED) is 0.876. The molecule has 0 radical (unpaired) electrons. The van der Waals surface area contributed by atoms with Crippen molar-refractivity contribution in [2.24, 2.45) is 0 Å². The Morgan fingerprint density at radius 3 is 2.78 bits per heavy atom. The van der Waals surface area contributed by atoms with E-state index in [2.05, 4.69) is 25.3 Å². The van der Waals surface area contributed by atoms with Gasteiger partial charge in [0.1, 0.15) is 5.69 Å². The number of rotatable bonds is 4. The number of nitrogens with zero attached hydrogens (tertiary/aromatic N) is 5. The first-order chi connectivity index (χ1) is 11.1. The summed E-state index contributed by atoms with van der Waals surface area (Å²) in [5, 5.41) is 6.26. The molecule has 1 aliphatic rings. The summed E-state index contributed by atoms with van der Waals surface area (Å²) < 4.78 is 10.2. The second kappa shape index (κ2) is 6.61. The Kier molecular flexibility index (Phi) is 4.38. The van der Waals surface area contributed by atoms with Gasteiger partial charge in [-0.1, -0.05) is 5.16 Å². The standard InChI is InChI=1S/C14H18N6O3/c1-19(2)12-10(17-13(21)11-3-4-16-23-11)9-15-14(18-12)20-5-7-22-8-6-20/h3-4,9H,5-8H2,1-2H3,(H,17,21). The third kappa shape index (κ3) is 3.39. The van der Waals surface area contributed by atoms with E-state index in [1.54, 1.807) is 6.20 Å². The zero-order valence-corrected chi connectivity index (χ0v) is 13.0. The third-order valence-electron chi connectivity index (χ3n) is 3.38. The van der Waals surface area contributed by atoms with E-state index >= 15 is 0 Å². The lowest BCUT2D eigenvalue weighted by molar-refractivity contribution is 0.0988. The van der Waals surface area contributed by atoms with Crippen LogP contribution in [0.4, 0.5) is 17.5 Å². The molecule has 2 aromatic rings. The van der Waals surface area contributed by atoms with E-state index in [9.17, 15) is 4.79 Å². The van der Waals surface area contributed by atoms with Crippen LogP contribution >= 0.6 is 0 Å². The molecule has 23 heavy (non-hydrogen) atoms. The number of hydrogen-bond donors (Lipinski definition) is 1. The van der Waals surface area contributed by atoms with Gasteiger partial charge in [-0.3, -0.25) is 4.79 Å². The van der Waals surface area contributed by atoms with Crippen molar-refractivity contribution in [3.05, 3.63) is 24.2 Å². The fourth-order valence-electron chi connectivity index (χ4n) is 2.23. The molecule has 0 spiro atoms. The Hall–Kier alpha value is -2.68. The van der Waals surface area contributed by atoms with Crippen LogP contribution in [-0.2, 0) is 4.74 Å². The predicted molar refractivity (Wildman–Crippen MR) is 83.8 cm³/mol. The van der Waals surface area contributed by atoms with Crippen LogP contribution in [0.1, 0.15) is 10.6 Å². The minimum Gasteiger partial charge on any atom is -0.378 e. The number of carbonyl (C=O) groups is 1. The van der Waals surface area contributed by atoms with Crippen LogP contribution in [0.2, 0.25) is 0 Å². The second-order valence-electron chi connectivity index (χ2n) is 5.23. The number of anilines is 3. The number of morpholine rings is 1. The monoisotopic (exact) mass is 318 g/mol. The Bertz CT molecular complexity index is 667. The molecular formula is C14H18N6O3. The molecule has 0 aliphatic carbocycles. The molecule has 1 aliphatic heterocycles. The molecule has 1 fully saturated rings. The maximum Gasteiger partial charge on any atom is 0.294 e. The molecule has 0 bridgehead atoms. The lowest BCUT2D eigenvalue weighted by Gasteiger charge is -2.28. The Balaban J connectivity index is 1.83. The highest BCUT2D eigenvalue weighted by molar-refractivity contribution is 6.03. The molecule has 3 rings (SSSR count). The minimum absolute atomic E-state index is 0.131. The van der Waals surface area contributed by atoms with Gasteiger partial charge in [-0.05, 0) is 0 Å². The summed E-state index contributed by atoms with van der Waals surface area (Å²) in [6.07, 6.45) is 3.02. The van der Waals surface area contributed by atoms with Crippen LogP contribution < -0.4 is 15.1 Å². The number of nitrogens with one attached hydrogen (secondary N) is 1. The maximum absolute atomic E-state index is 12.1. The molecule has 0 unspecified atom stereocenters. The summed E-state index contributed by atoms with van der Waals surface area (Å²) in [4.78, 5) is 24.9. The largest absolute Gasteiger partial charge is 0.378 e. The lowest BCUT2D eigenvalue weighted by Crippen LogP contribution is -2.37. The summed E-state index contributed by atoms with van der Waals surface area (Å²) in [5.74, 6) is 0.976. The molecule has 9 heteroatoms. The predicted octanol–water partition coefficient (Wildman–Crippen LogP) is 0.619. The fraction of sp³-hybridized carbons (Fsp3) is 0.429. The van der Waals surface area contributed by atoms with Gasteiger partial charge >= 0.3 is 0 Å². The fourth-order valence-corrected chi connectivity index (χ4v) is 2.23. The number of carbonyl (C=O) groups excluding carboxylic acids is 1. The number of amides is 1. The first-order valence-electron chi connectivity index (χ1n) is 7.24. The number of hydrogen-bond acceptors (Lipinski definition) is 8. The van der Waals surface area contributed by atoms with Gasteiger partial charge in [0.05, 0.1) is 25.6 Å². The molecule has 2 aromatic heterocycles. The lowest BCUT2D eigenvalue weighted by atomic mass is 10.3. The third-order valence-corrected chi connectivity index (χ3v) is 3.38. The van der Waals surface area contributed by atoms with Crippen molar-refractivity contribution >= 4 is 23.4 Å². The van der Waals surface area contributed by atoms with E-state index < -0.39 is 5.91 Å². The number of ether oxygens (including phenoxy) is 1. The summed E-state index contributed by atoms with van der Waals surface area (Å²) in [6.45, 7) is 2.81. The van der Waals surface area contributed by atoms with Crippen LogP contribution in [0.15, 0.2) is 23.0 Å². The van der Waals surface area contributed by atoms with E-state index in [4.69, 9.17) is 9.26 Å². The van der Waals surface area contributed by atoms with Crippen molar-refractivity contribution in [3.8, 4) is 0 Å². The van der Waals surface area contributed by atoms with Crippen LogP contribution in [0.25, 0.3) is 0 Å².